The van der Waals surface area contributed by atoms with Gasteiger partial charge >= 0.3 is 4.87 Å². The number of nitro benzene ring substituents is 1. The van der Waals surface area contributed by atoms with Crippen LogP contribution in [0.25, 0.3) is 0 Å². The zero-order valence-electron chi connectivity index (χ0n) is 21.5. The molecule has 3 aromatic carbocycles. The van der Waals surface area contributed by atoms with Gasteiger partial charge in [-0.1, -0.05) is 70.6 Å². The number of amides is 2. The number of ether oxygens (including phenoxy) is 1. The lowest BCUT2D eigenvalue weighted by Crippen LogP contribution is -2.32. The maximum Gasteiger partial charge on any atom is 0.305 e. The van der Waals surface area contributed by atoms with Gasteiger partial charge in [-0.15, -0.1) is 0 Å². The van der Waals surface area contributed by atoms with Crippen molar-refractivity contribution in [3.8, 4) is 5.75 Å². The highest BCUT2D eigenvalue weighted by molar-refractivity contribution is 8.00. The molecule has 0 radical (unpaired) electrons. The molecule has 1 fully saturated rings. The van der Waals surface area contributed by atoms with Crippen molar-refractivity contribution in [1.82, 2.24) is 4.98 Å². The van der Waals surface area contributed by atoms with Crippen LogP contribution in [0.15, 0.2) is 76.6 Å². The van der Waals surface area contributed by atoms with Crippen LogP contribution >= 0.6 is 23.1 Å². The summed E-state index contributed by atoms with van der Waals surface area (Å²) in [5.41, 5.74) is 3.63. The summed E-state index contributed by atoms with van der Waals surface area (Å²) in [6.45, 7) is 4.08. The fraction of sp³-hybridized carbons (Fsp3) is 0.207. The molecule has 0 saturated carbocycles. The van der Waals surface area contributed by atoms with Gasteiger partial charge in [-0.25, -0.2) is 4.90 Å². The Hall–Kier alpha value is -4.22. The fourth-order valence-electron chi connectivity index (χ4n) is 5.29. The SMILES string of the molecule is Cc1ccc(N2C(=O)C3Sc4[nH]c(=O)sc4[C@H](c4cc([N+](=O)[O-])ccc4OCc4cccc(C)c4)C3C2=O)cc1. The van der Waals surface area contributed by atoms with Crippen LogP contribution in [-0.2, 0) is 16.2 Å². The molecule has 202 valence electrons. The number of aromatic nitrogens is 1. The molecule has 3 atom stereocenters. The summed E-state index contributed by atoms with van der Waals surface area (Å²) in [7, 11) is 0. The van der Waals surface area contributed by atoms with Crippen LogP contribution in [0.3, 0.4) is 0 Å². The van der Waals surface area contributed by atoms with Crippen molar-refractivity contribution in [2.45, 2.75) is 36.6 Å². The highest BCUT2D eigenvalue weighted by Gasteiger charge is 2.57. The molecule has 1 N–H and O–H groups in total. The first-order valence-electron chi connectivity index (χ1n) is 12.5. The molecule has 2 amide bonds. The number of non-ortho nitro benzene ring substituents is 1. The summed E-state index contributed by atoms with van der Waals surface area (Å²) in [6.07, 6.45) is 0. The number of thiazole rings is 1. The van der Waals surface area contributed by atoms with Crippen LogP contribution in [-0.4, -0.2) is 27.0 Å². The van der Waals surface area contributed by atoms with Crippen LogP contribution < -0.4 is 14.5 Å². The number of anilines is 1. The van der Waals surface area contributed by atoms with Gasteiger partial charge in [-0.3, -0.25) is 24.5 Å². The van der Waals surface area contributed by atoms with Crippen molar-refractivity contribution < 1.29 is 19.2 Å². The fourth-order valence-corrected chi connectivity index (χ4v) is 7.79. The largest absolute Gasteiger partial charge is 0.489 e. The molecule has 40 heavy (non-hydrogen) atoms. The lowest BCUT2D eigenvalue weighted by molar-refractivity contribution is -0.385. The molecule has 1 saturated heterocycles. The number of rotatable bonds is 6. The number of nitro groups is 1. The van der Waals surface area contributed by atoms with E-state index in [-0.39, 0.29) is 23.1 Å². The maximum atomic E-state index is 14.0. The molecule has 4 aromatic rings. The van der Waals surface area contributed by atoms with E-state index in [2.05, 4.69) is 4.98 Å². The summed E-state index contributed by atoms with van der Waals surface area (Å²) in [5, 5.41) is 11.5. The Balaban J connectivity index is 1.48. The predicted molar refractivity (Wildman–Crippen MR) is 152 cm³/mol. The zero-order valence-corrected chi connectivity index (χ0v) is 23.1. The van der Waals surface area contributed by atoms with E-state index in [9.17, 15) is 24.5 Å². The van der Waals surface area contributed by atoms with Crippen LogP contribution in [0.5, 0.6) is 5.75 Å². The van der Waals surface area contributed by atoms with E-state index in [4.69, 9.17) is 4.74 Å². The second-order valence-electron chi connectivity index (χ2n) is 9.85. The average molecular weight is 574 g/mol. The number of hydrogen-bond donors (Lipinski definition) is 1. The van der Waals surface area contributed by atoms with E-state index in [0.717, 1.165) is 39.8 Å². The highest BCUT2D eigenvalue weighted by atomic mass is 32.2. The molecule has 3 heterocycles. The van der Waals surface area contributed by atoms with Gasteiger partial charge in [-0.2, -0.15) is 0 Å². The second-order valence-corrected chi connectivity index (χ2v) is 12.0. The van der Waals surface area contributed by atoms with Crippen LogP contribution in [0.1, 0.15) is 33.0 Å². The van der Waals surface area contributed by atoms with E-state index < -0.39 is 27.9 Å². The molecule has 0 bridgehead atoms. The standard InChI is InChI=1S/C29H23N3O6S2/c1-15-6-8-18(9-7-15)31-27(33)23-22(24-26(30-29(35)40-24)39-25(23)28(31)34)20-13-19(32(36)37)10-11-21(20)38-14-17-5-3-4-16(2)12-17/h3-13,22-23,25H,14H2,1-2H3,(H,30,35)/t22-,23?,25?/m1/s1. The van der Waals surface area contributed by atoms with Gasteiger partial charge in [0, 0.05) is 28.5 Å². The van der Waals surface area contributed by atoms with Crippen molar-refractivity contribution in [3.63, 3.8) is 0 Å². The molecule has 2 aliphatic heterocycles. The molecule has 11 heteroatoms. The van der Waals surface area contributed by atoms with Crippen molar-refractivity contribution in [1.29, 1.82) is 0 Å². The van der Waals surface area contributed by atoms with Crippen LogP contribution in [0.4, 0.5) is 11.4 Å². The third kappa shape index (κ3) is 4.50. The first-order valence-corrected chi connectivity index (χ1v) is 14.2. The Bertz CT molecular complexity index is 1730. The van der Waals surface area contributed by atoms with Crippen LogP contribution in [0, 0.1) is 29.9 Å². The third-order valence-electron chi connectivity index (χ3n) is 7.13. The van der Waals surface area contributed by atoms with Gasteiger partial charge in [0.15, 0.2) is 0 Å². The Morgan fingerprint density at radius 2 is 1.75 bits per heavy atom. The van der Waals surface area contributed by atoms with Crippen molar-refractivity contribution in [2.75, 3.05) is 4.90 Å². The zero-order chi connectivity index (χ0) is 28.1. The molecule has 0 aliphatic carbocycles. The van der Waals surface area contributed by atoms with Gasteiger partial charge < -0.3 is 9.72 Å². The highest BCUT2D eigenvalue weighted by Crippen LogP contribution is 2.55. The minimum absolute atomic E-state index is 0.177. The first kappa shape index (κ1) is 26.0. The normalized spacial score (nSPS) is 19.9. The Labute approximate surface area is 237 Å². The molecule has 2 aliphatic rings. The number of H-pyrrole nitrogens is 1. The Kier molecular flexibility index (Phi) is 6.55. The molecular weight excluding hydrogens is 550 g/mol. The number of carbonyl (C=O) groups excluding carboxylic acids is 2. The molecule has 9 nitrogen and oxygen atoms in total. The summed E-state index contributed by atoms with van der Waals surface area (Å²) in [5.74, 6) is -2.15. The van der Waals surface area contributed by atoms with Crippen LogP contribution in [0.2, 0.25) is 0 Å². The quantitative estimate of drug-likeness (QED) is 0.188. The number of carbonyl (C=O) groups is 2. The van der Waals surface area contributed by atoms with E-state index >= 15 is 0 Å². The van der Waals surface area contributed by atoms with Crippen molar-refractivity contribution in [3.05, 3.63) is 114 Å². The summed E-state index contributed by atoms with van der Waals surface area (Å²) < 4.78 is 6.20. The summed E-state index contributed by atoms with van der Waals surface area (Å²) in [4.78, 5) is 55.7. The van der Waals surface area contributed by atoms with E-state index in [1.54, 1.807) is 12.1 Å². The van der Waals surface area contributed by atoms with E-state index in [1.807, 2.05) is 50.2 Å². The number of nitrogens with one attached hydrogen (secondary N) is 1. The number of aromatic amines is 1. The molecular formula is C29H23N3O6S2. The molecule has 6 rings (SSSR count). The van der Waals surface area contributed by atoms with Gasteiger partial charge in [0.2, 0.25) is 11.8 Å². The monoisotopic (exact) mass is 573 g/mol. The number of benzene rings is 3. The molecule has 0 spiro atoms. The smallest absolute Gasteiger partial charge is 0.305 e. The lowest BCUT2D eigenvalue weighted by atomic mass is 9.82. The predicted octanol–water partition coefficient (Wildman–Crippen LogP) is 5.34. The second kappa shape index (κ2) is 10.1. The van der Waals surface area contributed by atoms with E-state index in [0.29, 0.717) is 26.9 Å². The number of thioether (sulfide) groups is 1. The third-order valence-corrected chi connectivity index (χ3v) is 9.53. The minimum atomic E-state index is -0.888. The van der Waals surface area contributed by atoms with Gasteiger partial charge in [0.1, 0.15) is 17.6 Å². The number of nitrogens with zero attached hydrogens (tertiary/aromatic N) is 2. The van der Waals surface area contributed by atoms with Crippen molar-refractivity contribution >= 4 is 46.3 Å². The minimum Gasteiger partial charge on any atom is -0.489 e. The topological polar surface area (TPSA) is 123 Å². The van der Waals surface area contributed by atoms with Gasteiger partial charge in [0.25, 0.3) is 5.69 Å². The van der Waals surface area contributed by atoms with E-state index in [1.165, 1.54) is 23.1 Å². The average Bonchev–Trinajstić information content (AvgIpc) is 3.42. The summed E-state index contributed by atoms with van der Waals surface area (Å²) >= 11 is 2.10. The molecule has 1 aromatic heterocycles. The Morgan fingerprint density at radius 1 is 0.975 bits per heavy atom. The number of hydrogen-bond acceptors (Lipinski definition) is 8. The number of fused-ring (bicyclic) bond motifs is 2. The maximum absolute atomic E-state index is 14.0. The lowest BCUT2D eigenvalue weighted by Gasteiger charge is -2.30. The molecule has 2 unspecified atom stereocenters. The Morgan fingerprint density at radius 3 is 2.48 bits per heavy atom. The van der Waals surface area contributed by atoms with Gasteiger partial charge in [0.05, 0.1) is 21.6 Å². The van der Waals surface area contributed by atoms with Gasteiger partial charge in [-0.05, 0) is 37.6 Å². The number of imide groups is 1. The summed E-state index contributed by atoms with van der Waals surface area (Å²) in [6, 6.07) is 19.2. The number of aryl methyl sites for hydroxylation is 2. The van der Waals surface area contributed by atoms with Crippen molar-refractivity contribution in [2.24, 2.45) is 5.92 Å². The first-order chi connectivity index (χ1) is 19.2.